The van der Waals surface area contributed by atoms with Gasteiger partial charge in [-0.25, -0.2) is 0 Å². The summed E-state index contributed by atoms with van der Waals surface area (Å²) < 4.78 is 5.56. The smallest absolute Gasteiger partial charge is 0.119 e. The van der Waals surface area contributed by atoms with Gasteiger partial charge in [-0.3, -0.25) is 5.41 Å². The number of nitrogens with two attached hydrogens (primary N) is 1. The van der Waals surface area contributed by atoms with Gasteiger partial charge in [0.2, 0.25) is 0 Å². The van der Waals surface area contributed by atoms with E-state index in [0.29, 0.717) is 13.0 Å². The molecule has 0 fully saturated rings. The summed E-state index contributed by atoms with van der Waals surface area (Å²) in [6, 6.07) is 8.01. The number of rotatable bonds is 6. The SMILES string of the molecule is Cc1cccc(OCCCCC(=N)N)c1. The van der Waals surface area contributed by atoms with E-state index in [9.17, 15) is 0 Å². The van der Waals surface area contributed by atoms with Crippen LogP contribution in [0.15, 0.2) is 24.3 Å². The van der Waals surface area contributed by atoms with Gasteiger partial charge in [-0.15, -0.1) is 0 Å². The van der Waals surface area contributed by atoms with Crippen LogP contribution in [0.2, 0.25) is 0 Å². The van der Waals surface area contributed by atoms with E-state index in [1.165, 1.54) is 5.56 Å². The standard InChI is InChI=1S/C12H18N2O/c1-10-5-4-6-11(9-10)15-8-3-2-7-12(13)14/h4-6,9H,2-3,7-8H2,1H3,(H3,13,14). The Morgan fingerprint density at radius 3 is 2.87 bits per heavy atom. The van der Waals surface area contributed by atoms with Crippen molar-refractivity contribution in [2.75, 3.05) is 6.61 Å². The summed E-state index contributed by atoms with van der Waals surface area (Å²) in [6.45, 7) is 2.74. The zero-order valence-corrected chi connectivity index (χ0v) is 9.12. The molecule has 1 aromatic rings. The first-order valence-electron chi connectivity index (χ1n) is 5.21. The average Bonchev–Trinajstić information content (AvgIpc) is 2.17. The Kier molecular flexibility index (Phi) is 4.68. The van der Waals surface area contributed by atoms with E-state index >= 15 is 0 Å². The van der Waals surface area contributed by atoms with Gasteiger partial charge in [0.1, 0.15) is 5.75 Å². The molecule has 0 bridgehead atoms. The van der Waals surface area contributed by atoms with Crippen LogP contribution in [0.5, 0.6) is 5.75 Å². The summed E-state index contributed by atoms with van der Waals surface area (Å²) in [5, 5.41) is 7.06. The van der Waals surface area contributed by atoms with Crippen molar-refractivity contribution in [3.63, 3.8) is 0 Å². The van der Waals surface area contributed by atoms with Crippen molar-refractivity contribution < 1.29 is 4.74 Å². The molecule has 3 nitrogen and oxygen atoms in total. The predicted octanol–water partition coefficient (Wildman–Crippen LogP) is 2.48. The maximum atomic E-state index is 7.06. The van der Waals surface area contributed by atoms with Crippen LogP contribution < -0.4 is 10.5 Å². The lowest BCUT2D eigenvalue weighted by Crippen LogP contribution is -2.09. The molecule has 3 N–H and O–H groups in total. The molecule has 0 atom stereocenters. The lowest BCUT2D eigenvalue weighted by atomic mass is 10.2. The molecule has 0 aliphatic heterocycles. The van der Waals surface area contributed by atoms with Gasteiger partial charge in [-0.05, 0) is 37.5 Å². The Morgan fingerprint density at radius 1 is 1.40 bits per heavy atom. The summed E-state index contributed by atoms with van der Waals surface area (Å²) in [4.78, 5) is 0. The van der Waals surface area contributed by atoms with Crippen molar-refractivity contribution >= 4 is 5.84 Å². The molecule has 0 unspecified atom stereocenters. The molecule has 0 radical (unpaired) electrons. The molecule has 0 aliphatic rings. The second-order valence-electron chi connectivity index (χ2n) is 3.65. The van der Waals surface area contributed by atoms with Gasteiger partial charge in [0.05, 0.1) is 12.4 Å². The first kappa shape index (κ1) is 11.6. The molecule has 0 aromatic heterocycles. The monoisotopic (exact) mass is 206 g/mol. The highest BCUT2D eigenvalue weighted by atomic mass is 16.5. The van der Waals surface area contributed by atoms with E-state index in [2.05, 4.69) is 0 Å². The van der Waals surface area contributed by atoms with Crippen molar-refractivity contribution in [1.29, 1.82) is 5.41 Å². The Labute approximate surface area is 90.8 Å². The van der Waals surface area contributed by atoms with E-state index in [0.717, 1.165) is 18.6 Å². The van der Waals surface area contributed by atoms with Crippen LogP contribution in [0.1, 0.15) is 24.8 Å². The Morgan fingerprint density at radius 2 is 2.20 bits per heavy atom. The lowest BCUT2D eigenvalue weighted by Gasteiger charge is -2.06. The van der Waals surface area contributed by atoms with Gasteiger partial charge in [0, 0.05) is 6.42 Å². The first-order chi connectivity index (χ1) is 7.18. The van der Waals surface area contributed by atoms with Crippen molar-refractivity contribution in [3.8, 4) is 5.75 Å². The highest BCUT2D eigenvalue weighted by molar-refractivity contribution is 5.76. The molecule has 0 saturated carbocycles. The van der Waals surface area contributed by atoms with Gasteiger partial charge in [-0.1, -0.05) is 12.1 Å². The Balaban J connectivity index is 2.17. The topological polar surface area (TPSA) is 59.1 Å². The lowest BCUT2D eigenvalue weighted by molar-refractivity contribution is 0.307. The molecule has 3 heteroatoms. The number of nitrogens with one attached hydrogen (secondary N) is 1. The normalized spacial score (nSPS) is 9.93. The fourth-order valence-corrected chi connectivity index (χ4v) is 1.31. The maximum absolute atomic E-state index is 7.06. The van der Waals surface area contributed by atoms with E-state index in [1.54, 1.807) is 0 Å². The predicted molar refractivity (Wildman–Crippen MR) is 62.4 cm³/mol. The molecular weight excluding hydrogens is 188 g/mol. The number of unbranched alkanes of at least 4 members (excludes halogenated alkanes) is 1. The molecular formula is C12H18N2O. The quantitative estimate of drug-likeness (QED) is 0.427. The fraction of sp³-hybridized carbons (Fsp3) is 0.417. The van der Waals surface area contributed by atoms with E-state index < -0.39 is 0 Å². The minimum atomic E-state index is 0.255. The highest BCUT2D eigenvalue weighted by Gasteiger charge is 1.95. The number of benzene rings is 1. The molecule has 15 heavy (non-hydrogen) atoms. The van der Waals surface area contributed by atoms with E-state index in [4.69, 9.17) is 15.9 Å². The van der Waals surface area contributed by atoms with Crippen LogP contribution in [0.3, 0.4) is 0 Å². The summed E-state index contributed by atoms with van der Waals surface area (Å²) in [6.07, 6.45) is 2.52. The molecule has 1 rings (SSSR count). The van der Waals surface area contributed by atoms with Crippen LogP contribution in [0.25, 0.3) is 0 Å². The fourth-order valence-electron chi connectivity index (χ4n) is 1.31. The zero-order chi connectivity index (χ0) is 11.1. The minimum absolute atomic E-state index is 0.255. The number of hydrogen-bond donors (Lipinski definition) is 2. The third kappa shape index (κ3) is 5.05. The van der Waals surface area contributed by atoms with E-state index in [1.807, 2.05) is 31.2 Å². The minimum Gasteiger partial charge on any atom is -0.494 e. The average molecular weight is 206 g/mol. The number of aryl methyl sites for hydroxylation is 1. The summed E-state index contributed by atoms with van der Waals surface area (Å²) in [5.41, 5.74) is 6.45. The molecule has 0 aliphatic carbocycles. The second kappa shape index (κ2) is 6.06. The largest absolute Gasteiger partial charge is 0.494 e. The molecule has 0 heterocycles. The van der Waals surface area contributed by atoms with Crippen LogP contribution >= 0.6 is 0 Å². The van der Waals surface area contributed by atoms with Crippen LogP contribution in [0, 0.1) is 12.3 Å². The van der Waals surface area contributed by atoms with Crippen molar-refractivity contribution in [2.24, 2.45) is 5.73 Å². The van der Waals surface area contributed by atoms with Gasteiger partial charge in [-0.2, -0.15) is 0 Å². The van der Waals surface area contributed by atoms with Crippen LogP contribution in [0.4, 0.5) is 0 Å². The number of ether oxygens (including phenoxy) is 1. The van der Waals surface area contributed by atoms with Gasteiger partial charge in [0.25, 0.3) is 0 Å². The molecule has 0 saturated heterocycles. The van der Waals surface area contributed by atoms with E-state index in [-0.39, 0.29) is 5.84 Å². The molecule has 1 aromatic carbocycles. The van der Waals surface area contributed by atoms with Crippen molar-refractivity contribution in [2.45, 2.75) is 26.2 Å². The summed E-state index contributed by atoms with van der Waals surface area (Å²) in [7, 11) is 0. The molecule has 0 spiro atoms. The Hall–Kier alpha value is -1.51. The maximum Gasteiger partial charge on any atom is 0.119 e. The van der Waals surface area contributed by atoms with Gasteiger partial charge in [0.15, 0.2) is 0 Å². The third-order valence-electron chi connectivity index (χ3n) is 2.10. The summed E-state index contributed by atoms with van der Waals surface area (Å²) >= 11 is 0. The highest BCUT2D eigenvalue weighted by Crippen LogP contribution is 2.12. The number of amidine groups is 1. The van der Waals surface area contributed by atoms with Crippen LogP contribution in [-0.4, -0.2) is 12.4 Å². The van der Waals surface area contributed by atoms with Gasteiger partial charge < -0.3 is 10.5 Å². The third-order valence-corrected chi connectivity index (χ3v) is 2.10. The van der Waals surface area contributed by atoms with Crippen molar-refractivity contribution in [1.82, 2.24) is 0 Å². The van der Waals surface area contributed by atoms with Gasteiger partial charge >= 0.3 is 0 Å². The number of hydrogen-bond acceptors (Lipinski definition) is 2. The van der Waals surface area contributed by atoms with Crippen molar-refractivity contribution in [3.05, 3.63) is 29.8 Å². The second-order valence-corrected chi connectivity index (χ2v) is 3.65. The first-order valence-corrected chi connectivity index (χ1v) is 5.21. The summed E-state index contributed by atoms with van der Waals surface area (Å²) in [5.74, 6) is 1.17. The molecule has 82 valence electrons. The molecule has 0 amide bonds. The van der Waals surface area contributed by atoms with Crippen LogP contribution in [-0.2, 0) is 0 Å². The Bertz CT molecular complexity index is 323. The zero-order valence-electron chi connectivity index (χ0n) is 9.12.